The number of hydrogen-bond acceptors (Lipinski definition) is 3. The summed E-state index contributed by atoms with van der Waals surface area (Å²) in [5.74, 6) is 0. The molecule has 1 unspecified atom stereocenters. The van der Waals surface area contributed by atoms with Gasteiger partial charge in [-0.3, -0.25) is 4.68 Å². The number of thiophene rings is 1. The molecule has 17 heavy (non-hydrogen) atoms. The summed E-state index contributed by atoms with van der Waals surface area (Å²) in [7, 11) is 2.02. The molecule has 2 aromatic rings. The minimum absolute atomic E-state index is 0.377. The largest absolute Gasteiger partial charge is 0.313 e. The summed E-state index contributed by atoms with van der Waals surface area (Å²) in [4.78, 5) is 0. The number of aryl methyl sites for hydroxylation is 2. The van der Waals surface area contributed by atoms with Crippen molar-refractivity contribution < 1.29 is 0 Å². The van der Waals surface area contributed by atoms with Crippen LogP contribution in [0, 0.1) is 6.92 Å². The van der Waals surface area contributed by atoms with Gasteiger partial charge in [0.1, 0.15) is 0 Å². The minimum Gasteiger partial charge on any atom is -0.313 e. The van der Waals surface area contributed by atoms with Crippen molar-refractivity contribution in [3.8, 4) is 0 Å². The summed E-state index contributed by atoms with van der Waals surface area (Å²) >= 11 is 1.75. The van der Waals surface area contributed by atoms with Crippen molar-refractivity contribution in [3.63, 3.8) is 0 Å². The Morgan fingerprint density at radius 2 is 2.35 bits per heavy atom. The molecule has 0 saturated carbocycles. The zero-order chi connectivity index (χ0) is 12.3. The highest BCUT2D eigenvalue weighted by Gasteiger charge is 2.13. The summed E-state index contributed by atoms with van der Waals surface area (Å²) < 4.78 is 2.09. The molecule has 0 fully saturated rings. The number of nitrogens with zero attached hydrogens (tertiary/aromatic N) is 2. The van der Waals surface area contributed by atoms with Gasteiger partial charge in [0, 0.05) is 24.7 Å². The lowest BCUT2D eigenvalue weighted by Gasteiger charge is -2.15. The van der Waals surface area contributed by atoms with E-state index < -0.39 is 0 Å². The van der Waals surface area contributed by atoms with E-state index in [1.807, 2.05) is 7.05 Å². The number of nitrogens with one attached hydrogen (secondary N) is 1. The van der Waals surface area contributed by atoms with Crippen molar-refractivity contribution in [1.29, 1.82) is 0 Å². The second kappa shape index (κ2) is 5.47. The Kier molecular flexibility index (Phi) is 3.97. The molecule has 0 amide bonds. The summed E-state index contributed by atoms with van der Waals surface area (Å²) in [5.41, 5.74) is 3.76. The molecular weight excluding hydrogens is 230 g/mol. The van der Waals surface area contributed by atoms with Crippen LogP contribution in [0.5, 0.6) is 0 Å². The molecule has 92 valence electrons. The molecule has 0 aromatic carbocycles. The highest BCUT2D eigenvalue weighted by Crippen LogP contribution is 2.21. The van der Waals surface area contributed by atoms with E-state index in [0.717, 1.165) is 18.7 Å². The highest BCUT2D eigenvalue weighted by molar-refractivity contribution is 7.07. The Hall–Kier alpha value is -1.13. The van der Waals surface area contributed by atoms with Gasteiger partial charge in [0.15, 0.2) is 0 Å². The maximum atomic E-state index is 4.49. The maximum Gasteiger partial charge on any atom is 0.0596 e. The second-order valence-corrected chi connectivity index (χ2v) is 4.97. The summed E-state index contributed by atoms with van der Waals surface area (Å²) in [6.45, 7) is 5.12. The lowest BCUT2D eigenvalue weighted by Crippen LogP contribution is -2.20. The monoisotopic (exact) mass is 249 g/mol. The van der Waals surface area contributed by atoms with Gasteiger partial charge >= 0.3 is 0 Å². The smallest absolute Gasteiger partial charge is 0.0596 e. The van der Waals surface area contributed by atoms with Gasteiger partial charge in [-0.15, -0.1) is 0 Å². The molecule has 2 rings (SSSR count). The van der Waals surface area contributed by atoms with Gasteiger partial charge in [0.2, 0.25) is 0 Å². The average molecular weight is 249 g/mol. The van der Waals surface area contributed by atoms with Crippen molar-refractivity contribution in [2.24, 2.45) is 0 Å². The zero-order valence-electron chi connectivity index (χ0n) is 10.6. The zero-order valence-corrected chi connectivity index (χ0v) is 11.4. The molecule has 4 heteroatoms. The van der Waals surface area contributed by atoms with Gasteiger partial charge in [-0.25, -0.2) is 0 Å². The summed E-state index contributed by atoms with van der Waals surface area (Å²) in [6, 6.07) is 4.74. The van der Waals surface area contributed by atoms with E-state index >= 15 is 0 Å². The van der Waals surface area contributed by atoms with Crippen LogP contribution in [0.2, 0.25) is 0 Å². The first-order valence-electron chi connectivity index (χ1n) is 5.97. The summed E-state index contributed by atoms with van der Waals surface area (Å²) in [6.07, 6.45) is 0.988. The van der Waals surface area contributed by atoms with Crippen molar-refractivity contribution in [3.05, 3.63) is 39.8 Å². The van der Waals surface area contributed by atoms with Crippen LogP contribution in [-0.4, -0.2) is 16.8 Å². The van der Waals surface area contributed by atoms with E-state index in [4.69, 9.17) is 0 Å². The molecule has 3 nitrogen and oxygen atoms in total. The van der Waals surface area contributed by atoms with Crippen LogP contribution in [0.15, 0.2) is 22.9 Å². The Bertz CT molecular complexity index is 459. The molecule has 2 aromatic heterocycles. The fraction of sp³-hybridized carbons (Fsp3) is 0.462. The van der Waals surface area contributed by atoms with Gasteiger partial charge in [-0.2, -0.15) is 16.4 Å². The lowest BCUT2D eigenvalue weighted by atomic mass is 10.1. The van der Waals surface area contributed by atoms with Gasteiger partial charge in [0.05, 0.1) is 5.69 Å². The predicted octanol–water partition coefficient (Wildman–Crippen LogP) is 2.78. The van der Waals surface area contributed by atoms with Crippen LogP contribution in [0.1, 0.15) is 29.9 Å². The lowest BCUT2D eigenvalue weighted by molar-refractivity contribution is 0.542. The van der Waals surface area contributed by atoms with Gasteiger partial charge in [0.25, 0.3) is 0 Å². The molecular formula is C13H19N3S. The first kappa shape index (κ1) is 12.3. The standard InChI is InChI=1S/C13H19N3S/c1-4-16-12(7-10(2)15-16)8-13(14-3)11-5-6-17-9-11/h5-7,9,13-14H,4,8H2,1-3H3. The molecule has 2 heterocycles. The van der Waals surface area contributed by atoms with E-state index in [9.17, 15) is 0 Å². The highest BCUT2D eigenvalue weighted by atomic mass is 32.1. The molecule has 0 aliphatic carbocycles. The molecule has 0 bridgehead atoms. The number of aromatic nitrogens is 2. The normalized spacial score (nSPS) is 12.9. The van der Waals surface area contributed by atoms with Crippen LogP contribution in [-0.2, 0) is 13.0 Å². The molecule has 0 aliphatic heterocycles. The average Bonchev–Trinajstić information content (AvgIpc) is 2.94. The predicted molar refractivity (Wildman–Crippen MR) is 72.5 cm³/mol. The van der Waals surface area contributed by atoms with Crippen LogP contribution in [0.25, 0.3) is 0 Å². The quantitative estimate of drug-likeness (QED) is 0.883. The van der Waals surface area contributed by atoms with Crippen molar-refractivity contribution in [2.45, 2.75) is 32.9 Å². The van der Waals surface area contributed by atoms with E-state index in [1.54, 1.807) is 11.3 Å². The third kappa shape index (κ3) is 2.76. The molecule has 0 saturated heterocycles. The van der Waals surface area contributed by atoms with Crippen molar-refractivity contribution in [1.82, 2.24) is 15.1 Å². The van der Waals surface area contributed by atoms with E-state index in [1.165, 1.54) is 11.3 Å². The Morgan fingerprint density at radius 1 is 1.53 bits per heavy atom. The van der Waals surface area contributed by atoms with Crippen molar-refractivity contribution in [2.75, 3.05) is 7.05 Å². The second-order valence-electron chi connectivity index (χ2n) is 4.19. The topological polar surface area (TPSA) is 29.9 Å². The molecule has 0 spiro atoms. The molecule has 0 aliphatic rings. The summed E-state index contributed by atoms with van der Waals surface area (Å²) in [5, 5.41) is 12.2. The first-order valence-corrected chi connectivity index (χ1v) is 6.91. The van der Waals surface area contributed by atoms with Crippen molar-refractivity contribution >= 4 is 11.3 Å². The van der Waals surface area contributed by atoms with Crippen LogP contribution in [0.3, 0.4) is 0 Å². The molecule has 1 N–H and O–H groups in total. The SMILES string of the molecule is CCn1nc(C)cc1CC(NC)c1ccsc1. The van der Waals surface area contributed by atoms with E-state index in [2.05, 4.69) is 51.8 Å². The van der Waals surface area contributed by atoms with Crippen LogP contribution in [0.4, 0.5) is 0 Å². The Morgan fingerprint density at radius 3 is 2.94 bits per heavy atom. The van der Waals surface area contributed by atoms with E-state index in [0.29, 0.717) is 6.04 Å². The Balaban J connectivity index is 2.18. The fourth-order valence-electron chi connectivity index (χ4n) is 2.11. The van der Waals surface area contributed by atoms with Crippen LogP contribution >= 0.6 is 11.3 Å². The Labute approximate surface area is 106 Å². The van der Waals surface area contributed by atoms with E-state index in [-0.39, 0.29) is 0 Å². The minimum atomic E-state index is 0.377. The number of likely N-dealkylation sites (N-methyl/N-ethyl adjacent to an activating group) is 1. The molecule has 0 radical (unpaired) electrons. The fourth-order valence-corrected chi connectivity index (χ4v) is 2.82. The van der Waals surface area contributed by atoms with Gasteiger partial charge < -0.3 is 5.32 Å². The number of hydrogen-bond donors (Lipinski definition) is 1. The third-order valence-corrected chi connectivity index (χ3v) is 3.69. The van der Waals surface area contributed by atoms with Crippen LogP contribution < -0.4 is 5.32 Å². The first-order chi connectivity index (χ1) is 8.24. The third-order valence-electron chi connectivity index (χ3n) is 2.99. The number of rotatable bonds is 5. The van der Waals surface area contributed by atoms with Gasteiger partial charge in [-0.1, -0.05) is 0 Å². The molecule has 1 atom stereocenters. The maximum absolute atomic E-state index is 4.49. The van der Waals surface area contributed by atoms with Gasteiger partial charge in [-0.05, 0) is 49.4 Å².